The monoisotopic (exact) mass is 442 g/mol. The molecular weight excluding hydrogens is 420 g/mol. The quantitative estimate of drug-likeness (QED) is 0.521. The Labute approximate surface area is 182 Å². The van der Waals surface area contributed by atoms with Gasteiger partial charge in [-0.15, -0.1) is 0 Å². The molecule has 0 aliphatic carbocycles. The highest BCUT2D eigenvalue weighted by Crippen LogP contribution is 2.27. The number of hydrogen-bond acceptors (Lipinski definition) is 3. The van der Waals surface area contributed by atoms with Gasteiger partial charge in [0.2, 0.25) is 0 Å². The molecule has 3 aromatic carbocycles. The van der Waals surface area contributed by atoms with E-state index in [-0.39, 0.29) is 15.8 Å². The molecule has 3 aromatic rings. The number of nitrogens with one attached hydrogen (secondary N) is 1. The third-order valence-electron chi connectivity index (χ3n) is 4.73. The number of carbonyl (C=O) groups excluding carboxylic acids is 1. The summed E-state index contributed by atoms with van der Waals surface area (Å²) in [6, 6.07) is 22.8. The summed E-state index contributed by atoms with van der Waals surface area (Å²) in [7, 11) is -2.26. The molecular formula is C23H23ClN2O3S. The Hall–Kier alpha value is -2.83. The van der Waals surface area contributed by atoms with Crippen LogP contribution in [0.5, 0.6) is 0 Å². The summed E-state index contributed by atoms with van der Waals surface area (Å²) in [4.78, 5) is 12.6. The van der Waals surface area contributed by atoms with Crippen molar-refractivity contribution in [3.05, 3.63) is 95.0 Å². The van der Waals surface area contributed by atoms with Crippen LogP contribution in [0.2, 0.25) is 5.02 Å². The number of halogens is 1. The highest BCUT2D eigenvalue weighted by molar-refractivity contribution is 7.92. The Morgan fingerprint density at radius 2 is 1.60 bits per heavy atom. The number of anilines is 1. The Morgan fingerprint density at radius 3 is 2.23 bits per heavy atom. The molecule has 7 heteroatoms. The van der Waals surface area contributed by atoms with E-state index in [9.17, 15) is 13.2 Å². The van der Waals surface area contributed by atoms with Gasteiger partial charge in [-0.05, 0) is 48.7 Å². The van der Waals surface area contributed by atoms with E-state index in [4.69, 9.17) is 11.6 Å². The third kappa shape index (κ3) is 5.20. The molecule has 0 aliphatic rings. The van der Waals surface area contributed by atoms with E-state index in [0.717, 1.165) is 17.1 Å². The minimum Gasteiger partial charge on any atom is -0.352 e. The minimum atomic E-state index is -3.71. The Balaban J connectivity index is 1.63. The van der Waals surface area contributed by atoms with Gasteiger partial charge in [-0.25, -0.2) is 8.42 Å². The lowest BCUT2D eigenvalue weighted by Gasteiger charge is -2.20. The molecule has 0 bridgehead atoms. The highest BCUT2D eigenvalue weighted by atomic mass is 35.5. The molecule has 30 heavy (non-hydrogen) atoms. The standard InChI is InChI=1S/C23H23ClN2O3S/c1-26(30(28,29)20-12-6-3-7-13-20)19-14-15-21(22(24)17-19)23(27)25-16-8-11-18-9-4-2-5-10-18/h2-7,9-10,12-15,17H,8,11,16H2,1H3,(H,25,27). The smallest absolute Gasteiger partial charge is 0.264 e. The maximum Gasteiger partial charge on any atom is 0.264 e. The number of amides is 1. The van der Waals surface area contributed by atoms with Crippen LogP contribution in [-0.2, 0) is 16.4 Å². The maximum absolute atomic E-state index is 12.8. The summed E-state index contributed by atoms with van der Waals surface area (Å²) >= 11 is 6.29. The number of carbonyl (C=O) groups is 1. The van der Waals surface area contributed by atoms with E-state index >= 15 is 0 Å². The summed E-state index contributed by atoms with van der Waals surface area (Å²) < 4.78 is 26.7. The summed E-state index contributed by atoms with van der Waals surface area (Å²) in [5.41, 5.74) is 1.91. The second kappa shape index (κ2) is 9.78. The number of benzene rings is 3. The van der Waals surface area contributed by atoms with E-state index in [1.807, 2.05) is 18.2 Å². The van der Waals surface area contributed by atoms with Gasteiger partial charge >= 0.3 is 0 Å². The van der Waals surface area contributed by atoms with Gasteiger partial charge in [0.05, 0.1) is 21.2 Å². The number of aryl methyl sites for hydroxylation is 1. The number of rotatable bonds is 8. The highest BCUT2D eigenvalue weighted by Gasteiger charge is 2.22. The number of nitrogens with zero attached hydrogens (tertiary/aromatic N) is 1. The zero-order chi connectivity index (χ0) is 21.6. The molecule has 156 valence electrons. The molecule has 0 fully saturated rings. The largest absolute Gasteiger partial charge is 0.352 e. The SMILES string of the molecule is CN(c1ccc(C(=O)NCCCc2ccccc2)c(Cl)c1)S(=O)(=O)c1ccccc1. The van der Waals surface area contributed by atoms with Crippen molar-refractivity contribution >= 4 is 33.2 Å². The molecule has 0 aromatic heterocycles. The van der Waals surface area contributed by atoms with E-state index in [1.165, 1.54) is 30.8 Å². The van der Waals surface area contributed by atoms with Crippen LogP contribution in [-0.4, -0.2) is 27.9 Å². The van der Waals surface area contributed by atoms with Crippen molar-refractivity contribution in [1.29, 1.82) is 0 Å². The summed E-state index contributed by atoms with van der Waals surface area (Å²) in [6.45, 7) is 0.522. The van der Waals surface area contributed by atoms with Gasteiger partial charge in [-0.2, -0.15) is 0 Å². The Kier molecular flexibility index (Phi) is 7.13. The first kappa shape index (κ1) is 21.9. The van der Waals surface area contributed by atoms with Gasteiger partial charge < -0.3 is 5.32 Å². The van der Waals surface area contributed by atoms with Crippen molar-refractivity contribution in [3.63, 3.8) is 0 Å². The molecule has 3 rings (SSSR count). The van der Waals surface area contributed by atoms with Gasteiger partial charge in [-0.3, -0.25) is 9.10 Å². The first-order chi connectivity index (χ1) is 14.4. The average molecular weight is 443 g/mol. The predicted molar refractivity (Wildman–Crippen MR) is 121 cm³/mol. The van der Waals surface area contributed by atoms with E-state index in [2.05, 4.69) is 17.4 Å². The zero-order valence-electron chi connectivity index (χ0n) is 16.6. The second-order valence-electron chi connectivity index (χ2n) is 6.79. The lowest BCUT2D eigenvalue weighted by Crippen LogP contribution is -2.27. The van der Waals surface area contributed by atoms with Crippen molar-refractivity contribution in [2.24, 2.45) is 0 Å². The summed E-state index contributed by atoms with van der Waals surface area (Å²) in [6.07, 6.45) is 1.68. The van der Waals surface area contributed by atoms with Crippen molar-refractivity contribution in [2.75, 3.05) is 17.9 Å². The fourth-order valence-corrected chi connectivity index (χ4v) is 4.48. The van der Waals surface area contributed by atoms with Crippen LogP contribution in [0.15, 0.2) is 83.8 Å². The molecule has 1 N–H and O–H groups in total. The molecule has 1 amide bonds. The van der Waals surface area contributed by atoms with Crippen molar-refractivity contribution in [2.45, 2.75) is 17.7 Å². The fourth-order valence-electron chi connectivity index (χ4n) is 3.01. The first-order valence-electron chi connectivity index (χ1n) is 9.55. The van der Waals surface area contributed by atoms with Crippen molar-refractivity contribution in [1.82, 2.24) is 5.32 Å². The van der Waals surface area contributed by atoms with E-state index in [1.54, 1.807) is 30.3 Å². The molecule has 0 aliphatic heterocycles. The zero-order valence-corrected chi connectivity index (χ0v) is 18.2. The minimum absolute atomic E-state index is 0.184. The summed E-state index contributed by atoms with van der Waals surface area (Å²) in [5, 5.41) is 3.06. The normalized spacial score (nSPS) is 11.1. The van der Waals surface area contributed by atoms with Crippen LogP contribution in [0.4, 0.5) is 5.69 Å². The van der Waals surface area contributed by atoms with Gasteiger partial charge in [0, 0.05) is 13.6 Å². The van der Waals surface area contributed by atoms with E-state index in [0.29, 0.717) is 17.8 Å². The van der Waals surface area contributed by atoms with Crippen molar-refractivity contribution < 1.29 is 13.2 Å². The van der Waals surface area contributed by atoms with Crippen molar-refractivity contribution in [3.8, 4) is 0 Å². The first-order valence-corrected chi connectivity index (χ1v) is 11.4. The van der Waals surface area contributed by atoms with Gasteiger partial charge in [0.25, 0.3) is 15.9 Å². The van der Waals surface area contributed by atoms with E-state index < -0.39 is 10.0 Å². The van der Waals surface area contributed by atoms with Crippen LogP contribution in [0.3, 0.4) is 0 Å². The van der Waals surface area contributed by atoms with Crippen LogP contribution in [0, 0.1) is 0 Å². The van der Waals surface area contributed by atoms with Gasteiger partial charge in [0.15, 0.2) is 0 Å². The molecule has 0 saturated carbocycles. The molecule has 0 radical (unpaired) electrons. The summed E-state index contributed by atoms with van der Waals surface area (Å²) in [5.74, 6) is -0.284. The lowest BCUT2D eigenvalue weighted by molar-refractivity contribution is 0.0953. The molecule has 0 spiro atoms. The van der Waals surface area contributed by atoms with Gasteiger partial charge in [-0.1, -0.05) is 60.1 Å². The second-order valence-corrected chi connectivity index (χ2v) is 9.17. The average Bonchev–Trinajstić information content (AvgIpc) is 2.77. The third-order valence-corrected chi connectivity index (χ3v) is 6.85. The van der Waals surface area contributed by atoms with Gasteiger partial charge in [0.1, 0.15) is 0 Å². The van der Waals surface area contributed by atoms with Crippen LogP contribution >= 0.6 is 11.6 Å². The maximum atomic E-state index is 12.8. The van der Waals surface area contributed by atoms with Crippen LogP contribution in [0.25, 0.3) is 0 Å². The fraction of sp³-hybridized carbons (Fsp3) is 0.174. The molecule has 5 nitrogen and oxygen atoms in total. The molecule has 0 saturated heterocycles. The predicted octanol–water partition coefficient (Wildman–Crippen LogP) is 4.53. The molecule has 0 atom stereocenters. The molecule has 0 unspecified atom stereocenters. The molecule has 0 heterocycles. The Bertz CT molecular complexity index is 1100. The number of hydrogen-bond donors (Lipinski definition) is 1. The topological polar surface area (TPSA) is 66.5 Å². The number of sulfonamides is 1. The van der Waals surface area contributed by atoms with Crippen LogP contribution in [0.1, 0.15) is 22.3 Å². The lowest BCUT2D eigenvalue weighted by atomic mass is 10.1. The van der Waals surface area contributed by atoms with Crippen LogP contribution < -0.4 is 9.62 Å². The Morgan fingerprint density at radius 1 is 0.967 bits per heavy atom.